The Morgan fingerprint density at radius 3 is 2.87 bits per heavy atom. The molecule has 2 heteroatoms. The first kappa shape index (κ1) is 8.86. The largest absolute Gasteiger partial charge is 0.324 e. The lowest BCUT2D eigenvalue weighted by atomic mass is 9.99. The molecular formula is C13H14N2. The van der Waals surface area contributed by atoms with Gasteiger partial charge in [0.15, 0.2) is 0 Å². The van der Waals surface area contributed by atoms with E-state index < -0.39 is 0 Å². The van der Waals surface area contributed by atoms with E-state index >= 15 is 0 Å². The Kier molecular flexibility index (Phi) is 1.96. The van der Waals surface area contributed by atoms with Crippen molar-refractivity contribution < 1.29 is 0 Å². The standard InChI is InChI=1S/C13H14N2/c14-13(9-6-7-9)11-3-1-5-12-10(11)4-2-8-15-12/h1-5,8-9,13H,6-7,14H2/t13-/m1/s1. The molecule has 0 radical (unpaired) electrons. The average Bonchev–Trinajstić information content (AvgIpc) is 3.11. The lowest BCUT2D eigenvalue weighted by molar-refractivity contribution is 0.638. The summed E-state index contributed by atoms with van der Waals surface area (Å²) in [6.45, 7) is 0. The van der Waals surface area contributed by atoms with Gasteiger partial charge in [0.1, 0.15) is 0 Å². The molecule has 1 heterocycles. The second kappa shape index (κ2) is 3.31. The smallest absolute Gasteiger partial charge is 0.0705 e. The van der Waals surface area contributed by atoms with Gasteiger partial charge in [0, 0.05) is 17.6 Å². The summed E-state index contributed by atoms with van der Waals surface area (Å²) in [6, 6.07) is 10.5. The molecule has 2 N–H and O–H groups in total. The van der Waals surface area contributed by atoms with Gasteiger partial charge in [-0.1, -0.05) is 18.2 Å². The quantitative estimate of drug-likeness (QED) is 0.805. The minimum absolute atomic E-state index is 0.192. The van der Waals surface area contributed by atoms with Crippen molar-refractivity contribution in [3.05, 3.63) is 42.1 Å². The van der Waals surface area contributed by atoms with E-state index in [9.17, 15) is 0 Å². The van der Waals surface area contributed by atoms with E-state index in [0.29, 0.717) is 5.92 Å². The Hall–Kier alpha value is -1.41. The van der Waals surface area contributed by atoms with Gasteiger partial charge in [-0.25, -0.2) is 0 Å². The summed E-state index contributed by atoms with van der Waals surface area (Å²) in [4.78, 5) is 4.35. The van der Waals surface area contributed by atoms with Gasteiger partial charge in [-0.3, -0.25) is 4.98 Å². The van der Waals surface area contributed by atoms with Crippen LogP contribution in [0.4, 0.5) is 0 Å². The van der Waals surface area contributed by atoms with Crippen molar-refractivity contribution in [3.63, 3.8) is 0 Å². The molecule has 3 rings (SSSR count). The molecule has 15 heavy (non-hydrogen) atoms. The first-order valence-corrected chi connectivity index (χ1v) is 5.45. The molecule has 0 unspecified atom stereocenters. The van der Waals surface area contributed by atoms with E-state index in [1.165, 1.54) is 23.8 Å². The van der Waals surface area contributed by atoms with Crippen LogP contribution in [0.15, 0.2) is 36.5 Å². The third kappa shape index (κ3) is 1.51. The number of pyridine rings is 1. The highest BCUT2D eigenvalue weighted by atomic mass is 14.7. The Bertz CT molecular complexity index is 483. The molecule has 76 valence electrons. The lowest BCUT2D eigenvalue weighted by Crippen LogP contribution is -2.12. The van der Waals surface area contributed by atoms with E-state index in [1.807, 2.05) is 24.4 Å². The van der Waals surface area contributed by atoms with Crippen molar-refractivity contribution >= 4 is 10.9 Å². The number of aromatic nitrogens is 1. The van der Waals surface area contributed by atoms with Crippen LogP contribution in [0.2, 0.25) is 0 Å². The normalized spacial score (nSPS) is 17.9. The van der Waals surface area contributed by atoms with Gasteiger partial charge in [-0.2, -0.15) is 0 Å². The second-order valence-corrected chi connectivity index (χ2v) is 4.28. The minimum atomic E-state index is 0.192. The van der Waals surface area contributed by atoms with E-state index in [4.69, 9.17) is 5.73 Å². The molecule has 1 atom stereocenters. The molecule has 0 aliphatic heterocycles. The van der Waals surface area contributed by atoms with Gasteiger partial charge in [-0.15, -0.1) is 0 Å². The van der Waals surface area contributed by atoms with Crippen molar-refractivity contribution in [3.8, 4) is 0 Å². The van der Waals surface area contributed by atoms with Gasteiger partial charge >= 0.3 is 0 Å². The van der Waals surface area contributed by atoms with Crippen LogP contribution in [0.5, 0.6) is 0 Å². The number of rotatable bonds is 2. The van der Waals surface area contributed by atoms with Gasteiger partial charge in [0.2, 0.25) is 0 Å². The molecule has 1 aliphatic rings. The third-order valence-corrected chi connectivity index (χ3v) is 3.17. The molecule has 1 saturated carbocycles. The predicted molar refractivity (Wildman–Crippen MR) is 61.4 cm³/mol. The fourth-order valence-electron chi connectivity index (χ4n) is 2.13. The molecule has 0 spiro atoms. The first-order valence-electron chi connectivity index (χ1n) is 5.45. The van der Waals surface area contributed by atoms with Crippen LogP contribution in [0.1, 0.15) is 24.4 Å². The summed E-state index contributed by atoms with van der Waals surface area (Å²) in [5, 5.41) is 1.21. The molecule has 1 aromatic carbocycles. The minimum Gasteiger partial charge on any atom is -0.324 e. The Balaban J connectivity index is 2.16. The first-order chi connectivity index (χ1) is 7.36. The molecule has 2 aromatic rings. The number of benzene rings is 1. The zero-order valence-corrected chi connectivity index (χ0v) is 8.56. The maximum atomic E-state index is 6.24. The number of nitrogens with zero attached hydrogens (tertiary/aromatic N) is 1. The molecule has 1 fully saturated rings. The zero-order chi connectivity index (χ0) is 10.3. The fraction of sp³-hybridized carbons (Fsp3) is 0.308. The van der Waals surface area contributed by atoms with Crippen molar-refractivity contribution in [2.45, 2.75) is 18.9 Å². The summed E-state index contributed by atoms with van der Waals surface area (Å²) in [5.74, 6) is 0.691. The topological polar surface area (TPSA) is 38.9 Å². The van der Waals surface area contributed by atoms with Crippen LogP contribution < -0.4 is 5.73 Å². The molecular weight excluding hydrogens is 184 g/mol. The highest BCUT2D eigenvalue weighted by Crippen LogP contribution is 2.40. The summed E-state index contributed by atoms with van der Waals surface area (Å²) in [6.07, 6.45) is 4.38. The van der Waals surface area contributed by atoms with Gasteiger partial charge in [-0.05, 0) is 36.5 Å². The van der Waals surface area contributed by atoms with Gasteiger partial charge in [0.25, 0.3) is 0 Å². The lowest BCUT2D eigenvalue weighted by Gasteiger charge is -2.13. The maximum Gasteiger partial charge on any atom is 0.0705 e. The van der Waals surface area contributed by atoms with Crippen LogP contribution in [-0.4, -0.2) is 4.98 Å². The molecule has 1 aliphatic carbocycles. The van der Waals surface area contributed by atoms with Gasteiger partial charge < -0.3 is 5.73 Å². The summed E-state index contributed by atoms with van der Waals surface area (Å²) < 4.78 is 0. The number of fused-ring (bicyclic) bond motifs is 1. The SMILES string of the molecule is N[C@@H](c1cccc2ncccc12)C1CC1. The number of nitrogens with two attached hydrogens (primary N) is 1. The van der Waals surface area contributed by atoms with Crippen LogP contribution >= 0.6 is 0 Å². The summed E-state index contributed by atoms with van der Waals surface area (Å²) in [7, 11) is 0. The predicted octanol–water partition coefficient (Wildman–Crippen LogP) is 2.64. The molecule has 0 bridgehead atoms. The Morgan fingerprint density at radius 1 is 1.20 bits per heavy atom. The van der Waals surface area contributed by atoms with E-state index in [2.05, 4.69) is 17.1 Å². The van der Waals surface area contributed by atoms with Crippen molar-refractivity contribution in [2.75, 3.05) is 0 Å². The summed E-state index contributed by atoms with van der Waals surface area (Å²) in [5.41, 5.74) is 8.54. The monoisotopic (exact) mass is 198 g/mol. The molecule has 0 amide bonds. The molecule has 1 aromatic heterocycles. The van der Waals surface area contributed by atoms with Crippen molar-refractivity contribution in [1.29, 1.82) is 0 Å². The average molecular weight is 198 g/mol. The highest BCUT2D eigenvalue weighted by molar-refractivity contribution is 5.82. The van der Waals surface area contributed by atoms with Crippen LogP contribution in [-0.2, 0) is 0 Å². The third-order valence-electron chi connectivity index (χ3n) is 3.17. The van der Waals surface area contributed by atoms with E-state index in [0.717, 1.165) is 5.52 Å². The van der Waals surface area contributed by atoms with Gasteiger partial charge in [0.05, 0.1) is 5.52 Å². The summed E-state index contributed by atoms with van der Waals surface area (Å²) >= 11 is 0. The maximum absolute atomic E-state index is 6.24. The van der Waals surface area contributed by atoms with Crippen LogP contribution in [0.25, 0.3) is 10.9 Å². The Labute approximate surface area is 89.1 Å². The molecule has 2 nitrogen and oxygen atoms in total. The fourth-order valence-corrected chi connectivity index (χ4v) is 2.13. The number of hydrogen-bond donors (Lipinski definition) is 1. The zero-order valence-electron chi connectivity index (χ0n) is 8.56. The van der Waals surface area contributed by atoms with E-state index in [-0.39, 0.29) is 6.04 Å². The highest BCUT2D eigenvalue weighted by Gasteiger charge is 2.30. The Morgan fingerprint density at radius 2 is 2.07 bits per heavy atom. The van der Waals surface area contributed by atoms with E-state index in [1.54, 1.807) is 0 Å². The number of hydrogen-bond acceptors (Lipinski definition) is 2. The second-order valence-electron chi connectivity index (χ2n) is 4.28. The molecule has 0 saturated heterocycles. The van der Waals surface area contributed by atoms with Crippen molar-refractivity contribution in [1.82, 2.24) is 4.98 Å². The van der Waals surface area contributed by atoms with Crippen LogP contribution in [0, 0.1) is 5.92 Å². The van der Waals surface area contributed by atoms with Crippen molar-refractivity contribution in [2.24, 2.45) is 11.7 Å². The van der Waals surface area contributed by atoms with Crippen LogP contribution in [0.3, 0.4) is 0 Å².